The third-order valence-corrected chi connectivity index (χ3v) is 2.89. The van der Waals surface area contributed by atoms with Gasteiger partial charge in [0.15, 0.2) is 0 Å². The molecule has 0 aliphatic rings. The molecule has 0 saturated heterocycles. The van der Waals surface area contributed by atoms with Crippen LogP contribution in [0.25, 0.3) is 0 Å². The summed E-state index contributed by atoms with van der Waals surface area (Å²) in [5.74, 6) is -0.795. The van der Waals surface area contributed by atoms with E-state index in [1.165, 1.54) is 12.1 Å². The lowest BCUT2D eigenvalue weighted by molar-refractivity contribution is -0.124. The Balaban J connectivity index is 2.55. The molecule has 0 amide bonds. The quantitative estimate of drug-likeness (QED) is 0.246. The van der Waals surface area contributed by atoms with Crippen molar-refractivity contribution < 1.29 is 35.1 Å². The van der Waals surface area contributed by atoms with Gasteiger partial charge in [0.1, 0.15) is 31.0 Å². The van der Waals surface area contributed by atoms with Gasteiger partial charge in [0, 0.05) is 5.69 Å². The summed E-state index contributed by atoms with van der Waals surface area (Å²) in [7, 11) is 0. The van der Waals surface area contributed by atoms with Crippen LogP contribution in [0.1, 0.15) is 10.4 Å². The van der Waals surface area contributed by atoms with Gasteiger partial charge in [-0.25, -0.2) is 4.79 Å². The van der Waals surface area contributed by atoms with Gasteiger partial charge in [-0.15, -0.1) is 0 Å². The predicted molar refractivity (Wildman–Crippen MR) is 72.2 cm³/mol. The summed E-state index contributed by atoms with van der Waals surface area (Å²) in [6.07, 6.45) is -6.80. The Labute approximate surface area is 121 Å². The molecule has 0 radical (unpaired) electrons. The zero-order chi connectivity index (χ0) is 16.0. The maximum atomic E-state index is 11.7. The molecular weight excluding hydrogens is 282 g/mol. The summed E-state index contributed by atoms with van der Waals surface area (Å²) in [5.41, 5.74) is 5.89. The molecule has 8 nitrogen and oxygen atoms in total. The first-order valence-corrected chi connectivity index (χ1v) is 6.23. The lowest BCUT2D eigenvalue weighted by Gasteiger charge is -2.25. The summed E-state index contributed by atoms with van der Waals surface area (Å²) in [6, 6.07) is 6.16. The van der Waals surface area contributed by atoms with E-state index in [2.05, 4.69) is 0 Å². The number of para-hydroxylation sites is 1. The smallest absolute Gasteiger partial charge is 0.340 e. The number of nitrogen functional groups attached to an aromatic ring is 1. The predicted octanol–water partition coefficient (Wildman–Crippen LogP) is -2.14. The number of benzene rings is 1. The Morgan fingerprint density at radius 3 is 2.24 bits per heavy atom. The van der Waals surface area contributed by atoms with Crippen LogP contribution < -0.4 is 5.73 Å². The van der Waals surface area contributed by atoms with Crippen molar-refractivity contribution in [2.24, 2.45) is 0 Å². The Morgan fingerprint density at radius 1 is 1.10 bits per heavy atom. The number of ether oxygens (including phenoxy) is 1. The highest BCUT2D eigenvalue weighted by atomic mass is 16.5. The van der Waals surface area contributed by atoms with Crippen LogP contribution in [0.5, 0.6) is 0 Å². The minimum absolute atomic E-state index is 0.107. The summed E-state index contributed by atoms with van der Waals surface area (Å²) in [4.78, 5) is 11.7. The highest BCUT2D eigenvalue weighted by Gasteiger charge is 2.30. The van der Waals surface area contributed by atoms with E-state index in [0.717, 1.165) is 0 Å². The molecular formula is C13H19NO7. The van der Waals surface area contributed by atoms with Crippen molar-refractivity contribution >= 4 is 11.7 Å². The van der Waals surface area contributed by atoms with Gasteiger partial charge >= 0.3 is 5.97 Å². The number of anilines is 1. The first kappa shape index (κ1) is 17.3. The molecule has 21 heavy (non-hydrogen) atoms. The number of nitrogens with two attached hydrogens (primary N) is 1. The first-order chi connectivity index (χ1) is 9.88. The van der Waals surface area contributed by atoms with Crippen LogP contribution in [0, 0.1) is 0 Å². The number of carbonyl (C=O) groups excluding carboxylic acids is 1. The lowest BCUT2D eigenvalue weighted by Crippen LogP contribution is -2.47. The average Bonchev–Trinajstić information content (AvgIpc) is 2.50. The van der Waals surface area contributed by atoms with Crippen LogP contribution in [0.2, 0.25) is 0 Å². The number of rotatable bonds is 7. The number of carbonyl (C=O) groups is 1. The maximum absolute atomic E-state index is 11.7. The fourth-order valence-corrected chi connectivity index (χ4v) is 1.58. The standard InChI is InChI=1S/C13H19NO7/c14-8-4-2-1-3-7(8)13(20)21-6-10(17)12(19)11(18)9(16)5-15/h1-4,9-12,15-19H,5-6,14H2/t9-,10+,11+,12+/m0/s1. The molecule has 4 atom stereocenters. The van der Waals surface area contributed by atoms with Gasteiger partial charge in [-0.2, -0.15) is 0 Å². The van der Waals surface area contributed by atoms with E-state index in [1.807, 2.05) is 0 Å². The van der Waals surface area contributed by atoms with Crippen LogP contribution in [-0.2, 0) is 4.74 Å². The van der Waals surface area contributed by atoms with E-state index in [4.69, 9.17) is 20.7 Å². The molecule has 0 aliphatic heterocycles. The largest absolute Gasteiger partial charge is 0.459 e. The molecule has 1 aromatic carbocycles. The van der Waals surface area contributed by atoms with Crippen LogP contribution in [-0.4, -0.2) is 69.1 Å². The van der Waals surface area contributed by atoms with E-state index >= 15 is 0 Å². The van der Waals surface area contributed by atoms with E-state index < -0.39 is 43.6 Å². The molecule has 0 spiro atoms. The molecule has 0 aliphatic carbocycles. The Bertz CT molecular complexity index is 468. The number of aliphatic hydroxyl groups is 5. The summed E-state index contributed by atoms with van der Waals surface area (Å²) >= 11 is 0. The van der Waals surface area contributed by atoms with Gasteiger partial charge in [-0.3, -0.25) is 0 Å². The van der Waals surface area contributed by atoms with Crippen molar-refractivity contribution in [3.8, 4) is 0 Å². The van der Waals surface area contributed by atoms with Gasteiger partial charge < -0.3 is 36.0 Å². The molecule has 0 aromatic heterocycles. The van der Waals surface area contributed by atoms with Crippen LogP contribution in [0.15, 0.2) is 24.3 Å². The molecule has 0 heterocycles. The number of aliphatic hydroxyl groups excluding tert-OH is 5. The maximum Gasteiger partial charge on any atom is 0.340 e. The van der Waals surface area contributed by atoms with E-state index in [1.54, 1.807) is 12.1 Å². The van der Waals surface area contributed by atoms with Gasteiger partial charge in [-0.05, 0) is 12.1 Å². The second kappa shape index (κ2) is 7.91. The minimum atomic E-state index is -1.78. The number of hydrogen-bond acceptors (Lipinski definition) is 8. The average molecular weight is 301 g/mol. The lowest BCUT2D eigenvalue weighted by atomic mass is 10.0. The molecule has 0 saturated carbocycles. The molecule has 0 unspecified atom stereocenters. The minimum Gasteiger partial charge on any atom is -0.459 e. The molecule has 118 valence electrons. The fourth-order valence-electron chi connectivity index (χ4n) is 1.58. The highest BCUT2D eigenvalue weighted by Crippen LogP contribution is 2.13. The van der Waals surface area contributed by atoms with Gasteiger partial charge in [-0.1, -0.05) is 12.1 Å². The summed E-state index contributed by atoms with van der Waals surface area (Å²) in [5, 5.41) is 46.3. The SMILES string of the molecule is Nc1ccccc1C(=O)OC[C@@H](O)[C@@H](O)[C@H](O)[C@@H](O)CO. The van der Waals surface area contributed by atoms with Gasteiger partial charge in [0.05, 0.1) is 12.2 Å². The molecule has 7 N–H and O–H groups in total. The van der Waals surface area contributed by atoms with Crippen molar-refractivity contribution in [3.63, 3.8) is 0 Å². The van der Waals surface area contributed by atoms with Crippen molar-refractivity contribution in [2.75, 3.05) is 18.9 Å². The monoisotopic (exact) mass is 301 g/mol. The molecule has 8 heteroatoms. The molecule has 1 rings (SSSR count). The fraction of sp³-hybridized carbons (Fsp3) is 0.462. The van der Waals surface area contributed by atoms with E-state index in [-0.39, 0.29) is 11.3 Å². The normalized spacial score (nSPS) is 16.8. The van der Waals surface area contributed by atoms with Crippen molar-refractivity contribution in [1.82, 2.24) is 0 Å². The third-order valence-electron chi connectivity index (χ3n) is 2.89. The number of esters is 1. The van der Waals surface area contributed by atoms with Crippen molar-refractivity contribution in [2.45, 2.75) is 24.4 Å². The molecule has 1 aromatic rings. The van der Waals surface area contributed by atoms with Crippen LogP contribution in [0.4, 0.5) is 5.69 Å². The Hall–Kier alpha value is -1.71. The van der Waals surface area contributed by atoms with Gasteiger partial charge in [0.25, 0.3) is 0 Å². The van der Waals surface area contributed by atoms with Crippen molar-refractivity contribution in [3.05, 3.63) is 29.8 Å². The third kappa shape index (κ3) is 4.66. The van der Waals surface area contributed by atoms with Crippen molar-refractivity contribution in [1.29, 1.82) is 0 Å². The van der Waals surface area contributed by atoms with E-state index in [0.29, 0.717) is 0 Å². The topological polar surface area (TPSA) is 153 Å². The van der Waals surface area contributed by atoms with Gasteiger partial charge in [0.2, 0.25) is 0 Å². The highest BCUT2D eigenvalue weighted by molar-refractivity contribution is 5.94. The zero-order valence-corrected chi connectivity index (χ0v) is 11.2. The van der Waals surface area contributed by atoms with Crippen LogP contribution in [0.3, 0.4) is 0 Å². The number of hydrogen-bond donors (Lipinski definition) is 6. The van der Waals surface area contributed by atoms with Crippen LogP contribution >= 0.6 is 0 Å². The Morgan fingerprint density at radius 2 is 1.67 bits per heavy atom. The summed E-state index contributed by atoms with van der Waals surface area (Å²) in [6.45, 7) is -1.39. The second-order valence-electron chi connectivity index (χ2n) is 4.48. The second-order valence-corrected chi connectivity index (χ2v) is 4.48. The van der Waals surface area contributed by atoms with E-state index in [9.17, 15) is 20.1 Å². The zero-order valence-electron chi connectivity index (χ0n) is 11.2. The summed E-state index contributed by atoms with van der Waals surface area (Å²) < 4.78 is 4.77. The first-order valence-electron chi connectivity index (χ1n) is 6.23. The Kier molecular flexibility index (Phi) is 6.53. The molecule has 0 fully saturated rings. The molecule has 0 bridgehead atoms.